The summed E-state index contributed by atoms with van der Waals surface area (Å²) >= 11 is 0. The van der Waals surface area contributed by atoms with E-state index in [-0.39, 0.29) is 18.2 Å². The molecule has 2 unspecified atom stereocenters. The van der Waals surface area contributed by atoms with Crippen LogP contribution in [0.25, 0.3) is 0 Å². The van der Waals surface area contributed by atoms with E-state index in [0.717, 1.165) is 5.56 Å². The molecule has 0 amide bonds. The molecule has 0 fully saturated rings. The van der Waals surface area contributed by atoms with E-state index in [1.54, 1.807) is 12.1 Å². The van der Waals surface area contributed by atoms with Crippen molar-refractivity contribution in [1.29, 1.82) is 0 Å². The molecule has 1 aromatic rings. The number of aliphatic hydroxyl groups is 1. The fraction of sp³-hybridized carbons (Fsp3) is 0.455. The van der Waals surface area contributed by atoms with Crippen molar-refractivity contribution in [3.8, 4) is 5.75 Å². The Labute approximate surface area is 88.7 Å². The average Bonchev–Trinajstić information content (AvgIpc) is 2.27. The van der Waals surface area contributed by atoms with E-state index < -0.39 is 11.9 Å². The van der Waals surface area contributed by atoms with E-state index >= 15 is 0 Å². The first-order valence-electron chi connectivity index (χ1n) is 4.81. The highest BCUT2D eigenvalue weighted by Crippen LogP contribution is 2.25. The molecular formula is C11H16FNO2. The maximum absolute atomic E-state index is 13.1. The van der Waals surface area contributed by atoms with Crippen molar-refractivity contribution in [2.75, 3.05) is 13.7 Å². The Hall–Kier alpha value is -1.13. The fourth-order valence-electron chi connectivity index (χ4n) is 1.39. The first-order valence-corrected chi connectivity index (χ1v) is 4.81. The second-order valence-corrected chi connectivity index (χ2v) is 3.49. The predicted octanol–water partition coefficient (Wildman–Crippen LogP) is 1.26. The minimum Gasteiger partial charge on any atom is -0.494 e. The maximum atomic E-state index is 13.1. The summed E-state index contributed by atoms with van der Waals surface area (Å²) in [7, 11) is 1.41. The van der Waals surface area contributed by atoms with E-state index in [1.165, 1.54) is 13.2 Å². The second-order valence-electron chi connectivity index (χ2n) is 3.49. The third-order valence-corrected chi connectivity index (χ3v) is 2.52. The Balaban J connectivity index is 2.95. The molecule has 15 heavy (non-hydrogen) atoms. The summed E-state index contributed by atoms with van der Waals surface area (Å²) in [6.45, 7) is 2.02. The van der Waals surface area contributed by atoms with Gasteiger partial charge in [0.2, 0.25) is 0 Å². The summed E-state index contributed by atoms with van der Waals surface area (Å²) in [6, 6.07) is 4.54. The number of aliphatic hydroxyl groups excluding tert-OH is 1. The lowest BCUT2D eigenvalue weighted by Gasteiger charge is -2.18. The van der Waals surface area contributed by atoms with Crippen LogP contribution in [0.5, 0.6) is 5.75 Å². The second kappa shape index (κ2) is 5.09. The van der Waals surface area contributed by atoms with Gasteiger partial charge in [0.05, 0.1) is 13.2 Å². The number of benzene rings is 1. The third kappa shape index (κ3) is 2.67. The maximum Gasteiger partial charge on any atom is 0.165 e. The number of rotatable bonds is 4. The van der Waals surface area contributed by atoms with Gasteiger partial charge in [-0.15, -0.1) is 0 Å². The molecule has 0 aliphatic carbocycles. The molecule has 1 aromatic carbocycles. The van der Waals surface area contributed by atoms with Crippen LogP contribution in [0.4, 0.5) is 4.39 Å². The molecule has 0 bridgehead atoms. The highest BCUT2D eigenvalue weighted by molar-refractivity contribution is 5.32. The van der Waals surface area contributed by atoms with Crippen LogP contribution in [-0.4, -0.2) is 24.9 Å². The van der Waals surface area contributed by atoms with Crippen molar-refractivity contribution in [2.24, 2.45) is 5.73 Å². The molecule has 0 aromatic heterocycles. The van der Waals surface area contributed by atoms with Crippen molar-refractivity contribution in [1.82, 2.24) is 0 Å². The molecule has 3 nitrogen and oxygen atoms in total. The number of hydrogen-bond donors (Lipinski definition) is 2. The summed E-state index contributed by atoms with van der Waals surface area (Å²) in [4.78, 5) is 0. The van der Waals surface area contributed by atoms with Crippen LogP contribution in [0, 0.1) is 5.82 Å². The number of hydrogen-bond acceptors (Lipinski definition) is 3. The van der Waals surface area contributed by atoms with E-state index in [0.29, 0.717) is 0 Å². The number of halogens is 1. The van der Waals surface area contributed by atoms with Gasteiger partial charge in [-0.2, -0.15) is 0 Å². The van der Waals surface area contributed by atoms with E-state index in [4.69, 9.17) is 10.5 Å². The number of nitrogens with two attached hydrogens (primary N) is 1. The molecular weight excluding hydrogens is 197 g/mol. The lowest BCUT2D eigenvalue weighted by molar-refractivity contribution is 0.157. The summed E-state index contributed by atoms with van der Waals surface area (Å²) in [6.07, 6.45) is -0.625. The van der Waals surface area contributed by atoms with Crippen LogP contribution in [0.2, 0.25) is 0 Å². The number of ether oxygens (including phenoxy) is 1. The highest BCUT2D eigenvalue weighted by atomic mass is 19.1. The van der Waals surface area contributed by atoms with Gasteiger partial charge >= 0.3 is 0 Å². The van der Waals surface area contributed by atoms with Gasteiger partial charge in [0, 0.05) is 12.5 Å². The smallest absolute Gasteiger partial charge is 0.165 e. The van der Waals surface area contributed by atoms with Gasteiger partial charge in [-0.1, -0.05) is 13.0 Å². The van der Waals surface area contributed by atoms with Crippen LogP contribution in [0.3, 0.4) is 0 Å². The molecule has 1 rings (SSSR count). The molecule has 0 spiro atoms. The van der Waals surface area contributed by atoms with Gasteiger partial charge in [0.25, 0.3) is 0 Å². The van der Waals surface area contributed by atoms with Crippen molar-refractivity contribution in [3.05, 3.63) is 29.6 Å². The summed E-state index contributed by atoms with van der Waals surface area (Å²) < 4.78 is 18.0. The molecule has 0 saturated carbocycles. The zero-order chi connectivity index (χ0) is 11.4. The average molecular weight is 213 g/mol. The van der Waals surface area contributed by atoms with Crippen molar-refractivity contribution in [2.45, 2.75) is 18.9 Å². The van der Waals surface area contributed by atoms with Crippen molar-refractivity contribution < 1.29 is 14.2 Å². The van der Waals surface area contributed by atoms with E-state index in [9.17, 15) is 9.50 Å². The van der Waals surface area contributed by atoms with Gasteiger partial charge in [-0.3, -0.25) is 0 Å². The van der Waals surface area contributed by atoms with Gasteiger partial charge in [0.15, 0.2) is 11.6 Å². The Bertz CT molecular complexity index is 330. The Morgan fingerprint density at radius 2 is 2.20 bits per heavy atom. The normalized spacial score (nSPS) is 14.7. The molecule has 0 radical (unpaired) electrons. The van der Waals surface area contributed by atoms with Crippen LogP contribution in [-0.2, 0) is 0 Å². The fourth-order valence-corrected chi connectivity index (χ4v) is 1.39. The van der Waals surface area contributed by atoms with Crippen LogP contribution in [0.1, 0.15) is 18.4 Å². The summed E-state index contributed by atoms with van der Waals surface area (Å²) in [5.74, 6) is -0.358. The van der Waals surface area contributed by atoms with Crippen LogP contribution in [0.15, 0.2) is 18.2 Å². The first-order chi connectivity index (χ1) is 7.10. The monoisotopic (exact) mass is 213 g/mol. The lowest BCUT2D eigenvalue weighted by Crippen LogP contribution is -2.25. The first kappa shape index (κ1) is 11.9. The molecule has 84 valence electrons. The molecule has 2 atom stereocenters. The number of methoxy groups -OCH3 is 1. The Morgan fingerprint density at radius 3 is 2.73 bits per heavy atom. The lowest BCUT2D eigenvalue weighted by atomic mass is 9.95. The SMILES string of the molecule is COc1cc(C(C)C(O)CN)ccc1F. The van der Waals surface area contributed by atoms with Crippen molar-refractivity contribution >= 4 is 0 Å². The van der Waals surface area contributed by atoms with Gasteiger partial charge in [0.1, 0.15) is 0 Å². The molecule has 0 heterocycles. The minimum atomic E-state index is -0.625. The minimum absolute atomic E-state index is 0.135. The standard InChI is InChI=1S/C11H16FNO2/c1-7(10(14)6-13)8-3-4-9(12)11(5-8)15-2/h3-5,7,10,14H,6,13H2,1-2H3. The topological polar surface area (TPSA) is 55.5 Å². The molecule has 0 aliphatic rings. The summed E-state index contributed by atoms with van der Waals surface area (Å²) in [5.41, 5.74) is 6.17. The largest absolute Gasteiger partial charge is 0.494 e. The zero-order valence-electron chi connectivity index (χ0n) is 8.90. The van der Waals surface area contributed by atoms with Crippen LogP contribution >= 0.6 is 0 Å². The van der Waals surface area contributed by atoms with Gasteiger partial charge in [-0.05, 0) is 17.7 Å². The van der Waals surface area contributed by atoms with E-state index in [1.807, 2.05) is 6.92 Å². The summed E-state index contributed by atoms with van der Waals surface area (Å²) in [5, 5.41) is 9.55. The van der Waals surface area contributed by atoms with Crippen molar-refractivity contribution in [3.63, 3.8) is 0 Å². The van der Waals surface area contributed by atoms with Crippen LogP contribution < -0.4 is 10.5 Å². The third-order valence-electron chi connectivity index (χ3n) is 2.52. The Kier molecular flexibility index (Phi) is 4.05. The van der Waals surface area contributed by atoms with Gasteiger partial charge in [-0.25, -0.2) is 4.39 Å². The zero-order valence-corrected chi connectivity index (χ0v) is 8.90. The Morgan fingerprint density at radius 1 is 1.53 bits per heavy atom. The van der Waals surface area contributed by atoms with Gasteiger partial charge < -0.3 is 15.6 Å². The molecule has 3 N–H and O–H groups in total. The highest BCUT2D eigenvalue weighted by Gasteiger charge is 2.16. The predicted molar refractivity (Wildman–Crippen MR) is 56.4 cm³/mol. The molecule has 4 heteroatoms. The quantitative estimate of drug-likeness (QED) is 0.791. The molecule has 0 aliphatic heterocycles. The molecule has 0 saturated heterocycles. The van der Waals surface area contributed by atoms with E-state index in [2.05, 4.69) is 0 Å².